The molecule has 0 unspecified atom stereocenters. The van der Waals surface area contributed by atoms with Crippen LogP contribution in [0.3, 0.4) is 0 Å². The summed E-state index contributed by atoms with van der Waals surface area (Å²) >= 11 is 0. The van der Waals surface area contributed by atoms with Crippen molar-refractivity contribution in [3.63, 3.8) is 0 Å². The molecule has 152 valence electrons. The van der Waals surface area contributed by atoms with Gasteiger partial charge in [0.05, 0.1) is 11.0 Å². The fourth-order valence-corrected chi connectivity index (χ4v) is 4.10. The molecule has 0 aliphatic carbocycles. The Balaban J connectivity index is 1.31. The summed E-state index contributed by atoms with van der Waals surface area (Å²) in [4.78, 5) is 27.1. The highest BCUT2D eigenvalue weighted by Crippen LogP contribution is 2.25. The van der Waals surface area contributed by atoms with E-state index in [1.54, 1.807) is 4.57 Å². The minimum atomic E-state index is -0.352. The Kier molecular flexibility index (Phi) is 5.49. The number of amides is 1. The highest BCUT2D eigenvalue weighted by Gasteiger charge is 2.24. The SMILES string of the molecule is Cn1c(=O)n(C2CCN(CCNC(=O)c3ccc(F)cc3)CC2)c2ccccc21. The lowest BCUT2D eigenvalue weighted by molar-refractivity contribution is 0.0944. The molecule has 0 radical (unpaired) electrons. The smallest absolute Gasteiger partial charge is 0.329 e. The third-order valence-corrected chi connectivity index (χ3v) is 5.74. The van der Waals surface area contributed by atoms with E-state index in [1.165, 1.54) is 24.3 Å². The van der Waals surface area contributed by atoms with E-state index >= 15 is 0 Å². The zero-order valence-electron chi connectivity index (χ0n) is 16.5. The summed E-state index contributed by atoms with van der Waals surface area (Å²) in [5.41, 5.74) is 2.45. The Morgan fingerprint density at radius 3 is 2.41 bits per heavy atom. The van der Waals surface area contributed by atoms with Crippen LogP contribution in [0.25, 0.3) is 11.0 Å². The monoisotopic (exact) mass is 396 g/mol. The molecule has 1 amide bonds. The van der Waals surface area contributed by atoms with E-state index in [2.05, 4.69) is 10.2 Å². The van der Waals surface area contributed by atoms with E-state index < -0.39 is 0 Å². The maximum atomic E-state index is 13.0. The van der Waals surface area contributed by atoms with Gasteiger partial charge in [0, 0.05) is 44.8 Å². The first kappa shape index (κ1) is 19.4. The number of rotatable bonds is 5. The number of aromatic nitrogens is 2. The predicted molar refractivity (Wildman–Crippen MR) is 111 cm³/mol. The van der Waals surface area contributed by atoms with Gasteiger partial charge in [0.2, 0.25) is 0 Å². The second-order valence-corrected chi connectivity index (χ2v) is 7.54. The van der Waals surface area contributed by atoms with E-state index in [1.807, 2.05) is 35.9 Å². The van der Waals surface area contributed by atoms with Crippen LogP contribution in [0.4, 0.5) is 4.39 Å². The lowest BCUT2D eigenvalue weighted by atomic mass is 10.0. The minimum absolute atomic E-state index is 0.0382. The van der Waals surface area contributed by atoms with Crippen LogP contribution in [0.1, 0.15) is 29.2 Å². The van der Waals surface area contributed by atoms with Crippen LogP contribution < -0.4 is 11.0 Å². The minimum Gasteiger partial charge on any atom is -0.351 e. The first-order chi connectivity index (χ1) is 14.0. The van der Waals surface area contributed by atoms with Gasteiger partial charge in [-0.2, -0.15) is 0 Å². The Morgan fingerprint density at radius 1 is 1.07 bits per heavy atom. The highest BCUT2D eigenvalue weighted by atomic mass is 19.1. The van der Waals surface area contributed by atoms with Gasteiger partial charge < -0.3 is 10.2 Å². The van der Waals surface area contributed by atoms with Gasteiger partial charge in [-0.15, -0.1) is 0 Å². The number of carbonyl (C=O) groups is 1. The van der Waals surface area contributed by atoms with Gasteiger partial charge in [-0.05, 0) is 49.2 Å². The molecule has 29 heavy (non-hydrogen) atoms. The lowest BCUT2D eigenvalue weighted by Crippen LogP contribution is -2.41. The molecule has 4 rings (SSSR count). The molecule has 2 heterocycles. The topological polar surface area (TPSA) is 59.3 Å². The number of carbonyl (C=O) groups excluding carboxylic acids is 1. The number of benzene rings is 2. The van der Waals surface area contributed by atoms with Crippen LogP contribution >= 0.6 is 0 Å². The normalized spacial score (nSPS) is 15.7. The Bertz CT molecular complexity index is 1060. The molecule has 0 bridgehead atoms. The quantitative estimate of drug-likeness (QED) is 0.721. The van der Waals surface area contributed by atoms with Crippen LogP contribution in [0.2, 0.25) is 0 Å². The summed E-state index contributed by atoms with van der Waals surface area (Å²) in [7, 11) is 1.82. The van der Waals surface area contributed by atoms with Gasteiger partial charge >= 0.3 is 5.69 Å². The number of nitrogens with zero attached hydrogens (tertiary/aromatic N) is 3. The van der Waals surface area contributed by atoms with Crippen molar-refractivity contribution in [2.24, 2.45) is 7.05 Å². The van der Waals surface area contributed by atoms with Crippen LogP contribution in [-0.2, 0) is 7.05 Å². The van der Waals surface area contributed by atoms with E-state index in [-0.39, 0.29) is 23.5 Å². The zero-order valence-corrected chi connectivity index (χ0v) is 16.5. The molecule has 1 aliphatic rings. The van der Waals surface area contributed by atoms with Gasteiger partial charge in [0.15, 0.2) is 0 Å². The fraction of sp³-hybridized carbons (Fsp3) is 0.364. The number of hydrogen-bond acceptors (Lipinski definition) is 3. The number of fused-ring (bicyclic) bond motifs is 1. The van der Waals surface area contributed by atoms with Gasteiger partial charge in [0.25, 0.3) is 5.91 Å². The Morgan fingerprint density at radius 2 is 1.72 bits per heavy atom. The molecule has 0 saturated carbocycles. The number of likely N-dealkylation sites (tertiary alicyclic amines) is 1. The molecule has 1 N–H and O–H groups in total. The Hall–Kier alpha value is -2.93. The number of halogens is 1. The molecule has 3 aromatic rings. The summed E-state index contributed by atoms with van der Waals surface area (Å²) in [5, 5.41) is 2.88. The zero-order chi connectivity index (χ0) is 20.4. The molecule has 2 aromatic carbocycles. The third-order valence-electron chi connectivity index (χ3n) is 5.74. The van der Waals surface area contributed by atoms with Crippen molar-refractivity contribution in [1.82, 2.24) is 19.4 Å². The summed E-state index contributed by atoms with van der Waals surface area (Å²) in [6.07, 6.45) is 1.81. The molecule has 6 nitrogen and oxygen atoms in total. The van der Waals surface area contributed by atoms with Gasteiger partial charge in [-0.3, -0.25) is 13.9 Å². The molecule has 0 atom stereocenters. The van der Waals surface area contributed by atoms with E-state index in [9.17, 15) is 14.0 Å². The Labute approximate surface area is 168 Å². The molecule has 1 aliphatic heterocycles. The van der Waals surface area contributed by atoms with E-state index in [0.29, 0.717) is 12.1 Å². The van der Waals surface area contributed by atoms with Gasteiger partial charge in [-0.25, -0.2) is 9.18 Å². The van der Waals surface area contributed by atoms with Crippen LogP contribution in [0, 0.1) is 5.82 Å². The molecule has 7 heteroatoms. The second-order valence-electron chi connectivity index (χ2n) is 7.54. The molecular weight excluding hydrogens is 371 g/mol. The summed E-state index contributed by atoms with van der Waals surface area (Å²) < 4.78 is 16.6. The average molecular weight is 396 g/mol. The third kappa shape index (κ3) is 3.96. The maximum Gasteiger partial charge on any atom is 0.329 e. The standard InChI is InChI=1S/C22H25FN4O2/c1-25-19-4-2-3-5-20(19)27(22(25)29)18-10-13-26(14-11-18)15-12-24-21(28)16-6-8-17(23)9-7-16/h2-9,18H,10-15H2,1H3,(H,24,28). The van der Waals surface area contributed by atoms with Crippen molar-refractivity contribution in [3.05, 3.63) is 70.4 Å². The number of para-hydroxylation sites is 2. The molecule has 1 aromatic heterocycles. The molecular formula is C22H25FN4O2. The first-order valence-electron chi connectivity index (χ1n) is 9.96. The average Bonchev–Trinajstić information content (AvgIpc) is 3.00. The van der Waals surface area contributed by atoms with Crippen molar-refractivity contribution in [2.75, 3.05) is 26.2 Å². The number of nitrogens with one attached hydrogen (secondary N) is 1. The number of hydrogen-bond donors (Lipinski definition) is 1. The summed E-state index contributed by atoms with van der Waals surface area (Å²) in [6.45, 7) is 3.05. The van der Waals surface area contributed by atoms with Crippen molar-refractivity contribution in [2.45, 2.75) is 18.9 Å². The predicted octanol–water partition coefficient (Wildman–Crippen LogP) is 2.55. The molecule has 0 spiro atoms. The van der Waals surface area contributed by atoms with Crippen molar-refractivity contribution < 1.29 is 9.18 Å². The summed E-state index contributed by atoms with van der Waals surface area (Å²) in [5.74, 6) is -0.545. The number of piperidine rings is 1. The van der Waals surface area contributed by atoms with E-state index in [0.717, 1.165) is 43.5 Å². The van der Waals surface area contributed by atoms with Gasteiger partial charge in [-0.1, -0.05) is 12.1 Å². The summed E-state index contributed by atoms with van der Waals surface area (Å²) in [6, 6.07) is 13.6. The van der Waals surface area contributed by atoms with Crippen molar-refractivity contribution in [3.8, 4) is 0 Å². The first-order valence-corrected chi connectivity index (χ1v) is 9.96. The van der Waals surface area contributed by atoms with Crippen LogP contribution in [0.5, 0.6) is 0 Å². The molecule has 1 saturated heterocycles. The maximum absolute atomic E-state index is 13.0. The van der Waals surface area contributed by atoms with Crippen LogP contribution in [0.15, 0.2) is 53.3 Å². The fourth-order valence-electron chi connectivity index (χ4n) is 4.10. The number of imidazole rings is 1. The highest BCUT2D eigenvalue weighted by molar-refractivity contribution is 5.94. The lowest BCUT2D eigenvalue weighted by Gasteiger charge is -2.32. The van der Waals surface area contributed by atoms with Crippen molar-refractivity contribution >= 4 is 16.9 Å². The van der Waals surface area contributed by atoms with Gasteiger partial charge in [0.1, 0.15) is 5.82 Å². The largest absolute Gasteiger partial charge is 0.351 e. The molecule has 1 fully saturated rings. The van der Waals surface area contributed by atoms with E-state index in [4.69, 9.17) is 0 Å². The number of aryl methyl sites for hydroxylation is 1. The van der Waals surface area contributed by atoms with Crippen molar-refractivity contribution in [1.29, 1.82) is 0 Å². The van der Waals surface area contributed by atoms with Crippen LogP contribution in [-0.4, -0.2) is 46.1 Å². The second kappa shape index (κ2) is 8.21.